The van der Waals surface area contributed by atoms with Crippen LogP contribution in [0.1, 0.15) is 20.8 Å². The van der Waals surface area contributed by atoms with Crippen LogP contribution < -0.4 is 5.32 Å². The fraction of sp³-hybridized carbons (Fsp3) is 1.00. The molecule has 0 saturated carbocycles. The van der Waals surface area contributed by atoms with Crippen molar-refractivity contribution in [3.05, 3.63) is 0 Å². The first-order valence-corrected chi connectivity index (χ1v) is 3.71. The Kier molecular flexibility index (Phi) is 2.99. The molecule has 0 aromatic carbocycles. The Labute approximate surface area is 60.0 Å². The van der Waals surface area contributed by atoms with Crippen LogP contribution in [-0.4, -0.2) is 12.0 Å². The highest BCUT2D eigenvalue weighted by atomic mass is 79.9. The molecule has 0 aliphatic carbocycles. The summed E-state index contributed by atoms with van der Waals surface area (Å²) in [5.74, 6) is 0. The molecule has 0 heterocycles. The Morgan fingerprint density at radius 2 is 1.75 bits per heavy atom. The van der Waals surface area contributed by atoms with Crippen LogP contribution in [-0.2, 0) is 0 Å². The molecule has 0 aliphatic heterocycles. The van der Waals surface area contributed by atoms with E-state index in [1.807, 2.05) is 7.05 Å². The summed E-state index contributed by atoms with van der Waals surface area (Å²) in [6, 6.07) is 0. The van der Waals surface area contributed by atoms with Crippen molar-refractivity contribution in [3.8, 4) is 0 Å². The molecule has 50 valence electrons. The van der Waals surface area contributed by atoms with Gasteiger partial charge in [0.1, 0.15) is 0 Å². The molecule has 0 radical (unpaired) electrons. The van der Waals surface area contributed by atoms with Crippen LogP contribution in [0.15, 0.2) is 0 Å². The lowest BCUT2D eigenvalue weighted by Crippen LogP contribution is -2.31. The van der Waals surface area contributed by atoms with E-state index < -0.39 is 0 Å². The van der Waals surface area contributed by atoms with Gasteiger partial charge in [-0.2, -0.15) is 0 Å². The van der Waals surface area contributed by atoms with Crippen molar-refractivity contribution in [1.82, 2.24) is 5.32 Å². The van der Waals surface area contributed by atoms with Gasteiger partial charge in [-0.3, -0.25) is 0 Å². The molecule has 1 nitrogen and oxygen atoms in total. The largest absolute Gasteiger partial charge is 0.307 e. The molecule has 8 heavy (non-hydrogen) atoms. The van der Waals surface area contributed by atoms with E-state index in [9.17, 15) is 0 Å². The number of hydrogen-bond donors (Lipinski definition) is 1. The quantitative estimate of drug-likeness (QED) is 0.480. The Morgan fingerprint density at radius 3 is 1.75 bits per heavy atom. The molecule has 0 fully saturated rings. The number of alkyl halides is 1. The lowest BCUT2D eigenvalue weighted by Gasteiger charge is -2.24. The second-order valence-corrected chi connectivity index (χ2v) is 3.93. The van der Waals surface area contributed by atoms with Crippen LogP contribution in [0.2, 0.25) is 0 Å². The van der Waals surface area contributed by atoms with Crippen LogP contribution in [0.3, 0.4) is 0 Å². The number of nitrogens with one attached hydrogen (secondary N) is 1. The maximum absolute atomic E-state index is 3.49. The molecule has 1 N–H and O–H groups in total. The molecule has 0 amide bonds. The number of rotatable bonds is 1. The maximum Gasteiger partial charge on any atom is 0.0677 e. The molecular weight excluding hydrogens is 166 g/mol. The van der Waals surface area contributed by atoms with E-state index in [0.717, 1.165) is 0 Å². The van der Waals surface area contributed by atoms with Crippen LogP contribution in [0, 0.1) is 5.41 Å². The summed E-state index contributed by atoms with van der Waals surface area (Å²) < 4.78 is 0. The monoisotopic (exact) mass is 179 g/mol. The lowest BCUT2D eigenvalue weighted by atomic mass is 9.97. The van der Waals surface area contributed by atoms with E-state index >= 15 is 0 Å². The predicted molar refractivity (Wildman–Crippen MR) is 41.2 cm³/mol. The highest BCUT2D eigenvalue weighted by molar-refractivity contribution is 9.09. The van der Waals surface area contributed by atoms with E-state index in [4.69, 9.17) is 0 Å². The second kappa shape index (κ2) is 2.83. The van der Waals surface area contributed by atoms with E-state index in [-0.39, 0.29) is 0 Å². The van der Waals surface area contributed by atoms with Gasteiger partial charge in [-0.05, 0) is 12.5 Å². The van der Waals surface area contributed by atoms with Gasteiger partial charge in [0.2, 0.25) is 0 Å². The molecule has 0 spiro atoms. The SMILES string of the molecule is CNC(Br)C(C)(C)C. The fourth-order valence-corrected chi connectivity index (χ4v) is 0.433. The van der Waals surface area contributed by atoms with Crippen LogP contribution >= 0.6 is 15.9 Å². The third-order valence-electron chi connectivity index (χ3n) is 1.01. The smallest absolute Gasteiger partial charge is 0.0677 e. The predicted octanol–water partition coefficient (Wildman–Crippen LogP) is 1.97. The minimum atomic E-state index is 0.314. The van der Waals surface area contributed by atoms with Gasteiger partial charge >= 0.3 is 0 Å². The Bertz CT molecular complexity index is 65.4. The third-order valence-corrected chi connectivity index (χ3v) is 2.85. The van der Waals surface area contributed by atoms with E-state index in [1.54, 1.807) is 0 Å². The Hall–Kier alpha value is 0.440. The van der Waals surface area contributed by atoms with Crippen molar-refractivity contribution in [2.45, 2.75) is 25.7 Å². The summed E-state index contributed by atoms with van der Waals surface area (Å²) in [6.45, 7) is 6.55. The molecule has 0 rings (SSSR count). The summed E-state index contributed by atoms with van der Waals surface area (Å²) in [5.41, 5.74) is 0.314. The average molecular weight is 180 g/mol. The average Bonchev–Trinajstić information content (AvgIpc) is 1.62. The molecule has 0 saturated heterocycles. The standard InChI is InChI=1S/C6H14BrN/c1-6(2,3)5(7)8-4/h5,8H,1-4H3. The van der Waals surface area contributed by atoms with Crippen LogP contribution in [0.25, 0.3) is 0 Å². The molecule has 2 heteroatoms. The van der Waals surface area contributed by atoms with E-state index in [2.05, 4.69) is 42.0 Å². The molecule has 1 unspecified atom stereocenters. The van der Waals surface area contributed by atoms with Gasteiger partial charge in [-0.15, -0.1) is 0 Å². The zero-order chi connectivity index (χ0) is 6.78. The van der Waals surface area contributed by atoms with E-state index in [0.29, 0.717) is 10.4 Å². The third kappa shape index (κ3) is 2.68. The molecule has 0 aliphatic rings. The molecule has 0 aromatic heterocycles. The zero-order valence-corrected chi connectivity index (χ0v) is 7.54. The summed E-state index contributed by atoms with van der Waals surface area (Å²) in [4.78, 5) is 0.412. The molecule has 1 atom stereocenters. The second-order valence-electron chi connectivity index (χ2n) is 3.02. The van der Waals surface area contributed by atoms with Crippen molar-refractivity contribution in [3.63, 3.8) is 0 Å². The normalized spacial score (nSPS) is 16.1. The number of halogens is 1. The van der Waals surface area contributed by atoms with Gasteiger partial charge < -0.3 is 5.32 Å². The van der Waals surface area contributed by atoms with Gasteiger partial charge in [0.25, 0.3) is 0 Å². The summed E-state index contributed by atoms with van der Waals surface area (Å²) in [5, 5.41) is 3.12. The van der Waals surface area contributed by atoms with Crippen LogP contribution in [0.4, 0.5) is 0 Å². The minimum absolute atomic E-state index is 0.314. The van der Waals surface area contributed by atoms with Gasteiger partial charge in [-0.1, -0.05) is 36.7 Å². The van der Waals surface area contributed by atoms with Crippen molar-refractivity contribution in [1.29, 1.82) is 0 Å². The Balaban J connectivity index is 3.62. The van der Waals surface area contributed by atoms with Crippen molar-refractivity contribution < 1.29 is 0 Å². The first-order valence-electron chi connectivity index (χ1n) is 2.80. The first kappa shape index (κ1) is 8.44. The van der Waals surface area contributed by atoms with Gasteiger partial charge in [-0.25, -0.2) is 0 Å². The topological polar surface area (TPSA) is 12.0 Å². The van der Waals surface area contributed by atoms with E-state index in [1.165, 1.54) is 0 Å². The summed E-state index contributed by atoms with van der Waals surface area (Å²) in [6.07, 6.45) is 0. The highest BCUT2D eigenvalue weighted by Gasteiger charge is 2.18. The first-order chi connectivity index (χ1) is 3.48. The van der Waals surface area contributed by atoms with Gasteiger partial charge in [0.05, 0.1) is 4.95 Å². The molecule has 0 bridgehead atoms. The van der Waals surface area contributed by atoms with Crippen molar-refractivity contribution >= 4 is 15.9 Å². The summed E-state index contributed by atoms with van der Waals surface area (Å²) in [7, 11) is 1.95. The highest BCUT2D eigenvalue weighted by Crippen LogP contribution is 2.22. The Morgan fingerprint density at radius 1 is 1.38 bits per heavy atom. The van der Waals surface area contributed by atoms with Gasteiger partial charge in [0.15, 0.2) is 0 Å². The van der Waals surface area contributed by atoms with Crippen molar-refractivity contribution in [2.75, 3.05) is 7.05 Å². The molecule has 0 aromatic rings. The van der Waals surface area contributed by atoms with Gasteiger partial charge in [0, 0.05) is 0 Å². The fourth-order valence-electron chi connectivity index (χ4n) is 0.433. The maximum atomic E-state index is 3.49. The lowest BCUT2D eigenvalue weighted by molar-refractivity contribution is 0.371. The zero-order valence-electron chi connectivity index (χ0n) is 5.96. The molecular formula is C6H14BrN. The van der Waals surface area contributed by atoms with Crippen LogP contribution in [0.5, 0.6) is 0 Å². The summed E-state index contributed by atoms with van der Waals surface area (Å²) >= 11 is 3.49. The minimum Gasteiger partial charge on any atom is -0.307 e. The number of hydrogen-bond acceptors (Lipinski definition) is 1. The van der Waals surface area contributed by atoms with Crippen molar-refractivity contribution in [2.24, 2.45) is 5.41 Å².